The minimum absolute atomic E-state index is 0.450. The number of nitrogens with zero attached hydrogens (tertiary/aromatic N) is 3. The van der Waals surface area contributed by atoms with Gasteiger partial charge in [-0.2, -0.15) is 10.1 Å². The highest BCUT2D eigenvalue weighted by Gasteiger charge is 2.02. The largest absolute Gasteiger partial charge is 0.339 e. The van der Waals surface area contributed by atoms with Gasteiger partial charge in [-0.25, -0.2) is 0 Å². The number of anilines is 4. The minimum atomic E-state index is 0.450. The second kappa shape index (κ2) is 6.53. The zero-order valence-electron chi connectivity index (χ0n) is 11.9. The maximum absolute atomic E-state index is 4.41. The third-order valence-corrected chi connectivity index (χ3v) is 3.42. The molecular formula is C16H14BrN5. The van der Waals surface area contributed by atoms with Crippen LogP contribution in [-0.2, 0) is 0 Å². The van der Waals surface area contributed by atoms with Crippen molar-refractivity contribution in [2.75, 3.05) is 10.6 Å². The van der Waals surface area contributed by atoms with E-state index in [1.165, 1.54) is 5.56 Å². The molecule has 3 rings (SSSR count). The predicted molar refractivity (Wildman–Crippen MR) is 91.7 cm³/mol. The summed E-state index contributed by atoms with van der Waals surface area (Å²) in [7, 11) is 0. The number of hydrogen-bond donors (Lipinski definition) is 2. The molecule has 0 bridgehead atoms. The van der Waals surface area contributed by atoms with E-state index in [0.29, 0.717) is 11.8 Å². The van der Waals surface area contributed by atoms with E-state index >= 15 is 0 Å². The van der Waals surface area contributed by atoms with Crippen molar-refractivity contribution in [1.82, 2.24) is 15.2 Å². The van der Waals surface area contributed by atoms with Gasteiger partial charge in [0.15, 0.2) is 5.82 Å². The van der Waals surface area contributed by atoms with Gasteiger partial charge in [-0.3, -0.25) is 0 Å². The molecule has 22 heavy (non-hydrogen) atoms. The molecule has 0 atom stereocenters. The lowest BCUT2D eigenvalue weighted by Crippen LogP contribution is -2.02. The summed E-state index contributed by atoms with van der Waals surface area (Å²) in [6.07, 6.45) is 1.59. The van der Waals surface area contributed by atoms with Crippen molar-refractivity contribution in [2.24, 2.45) is 0 Å². The summed E-state index contributed by atoms with van der Waals surface area (Å²) in [5.41, 5.74) is 3.03. The third-order valence-electron chi connectivity index (χ3n) is 2.93. The van der Waals surface area contributed by atoms with Crippen LogP contribution in [0.3, 0.4) is 0 Å². The average molecular weight is 356 g/mol. The Bertz CT molecular complexity index is 728. The molecule has 0 unspecified atom stereocenters. The van der Waals surface area contributed by atoms with Crippen LogP contribution in [0.15, 0.2) is 59.2 Å². The zero-order valence-corrected chi connectivity index (χ0v) is 13.5. The van der Waals surface area contributed by atoms with E-state index in [1.807, 2.05) is 55.5 Å². The molecule has 0 aliphatic rings. The molecule has 0 spiro atoms. The molecule has 3 aromatic rings. The maximum Gasteiger partial charge on any atom is 0.249 e. The van der Waals surface area contributed by atoms with Crippen LogP contribution in [0.5, 0.6) is 0 Å². The number of nitrogens with one attached hydrogen (secondary N) is 2. The van der Waals surface area contributed by atoms with Gasteiger partial charge in [0.2, 0.25) is 5.95 Å². The van der Waals surface area contributed by atoms with E-state index in [4.69, 9.17) is 0 Å². The highest BCUT2D eigenvalue weighted by Crippen LogP contribution is 2.20. The number of aromatic nitrogens is 3. The number of rotatable bonds is 4. The Morgan fingerprint density at radius 1 is 0.955 bits per heavy atom. The first-order valence-electron chi connectivity index (χ1n) is 6.75. The molecule has 1 heterocycles. The molecule has 0 aliphatic heterocycles. The Balaban J connectivity index is 1.78. The molecule has 0 amide bonds. The fourth-order valence-electron chi connectivity index (χ4n) is 1.98. The Kier molecular flexibility index (Phi) is 4.29. The smallest absolute Gasteiger partial charge is 0.249 e. The molecule has 1 aromatic heterocycles. The lowest BCUT2D eigenvalue weighted by atomic mass is 10.2. The van der Waals surface area contributed by atoms with Crippen LogP contribution < -0.4 is 10.6 Å². The second-order valence-electron chi connectivity index (χ2n) is 4.80. The van der Waals surface area contributed by atoms with E-state index in [9.17, 15) is 0 Å². The standard InChI is InChI=1S/C16H14BrN5/c1-11-4-2-6-13(8-11)20-16-21-15(10-18-22-16)19-14-7-3-5-12(17)9-14/h2-10H,1H3,(H2,19,20,21,22). The predicted octanol–water partition coefficient (Wildman–Crippen LogP) is 4.43. The van der Waals surface area contributed by atoms with Crippen molar-refractivity contribution in [3.8, 4) is 0 Å². The Morgan fingerprint density at radius 2 is 1.73 bits per heavy atom. The summed E-state index contributed by atoms with van der Waals surface area (Å²) >= 11 is 3.44. The van der Waals surface area contributed by atoms with Crippen molar-refractivity contribution < 1.29 is 0 Å². The van der Waals surface area contributed by atoms with Crippen molar-refractivity contribution in [3.05, 3.63) is 64.8 Å². The van der Waals surface area contributed by atoms with Crippen LogP contribution >= 0.6 is 15.9 Å². The quantitative estimate of drug-likeness (QED) is 0.724. The fraction of sp³-hybridized carbons (Fsp3) is 0.0625. The van der Waals surface area contributed by atoms with Gasteiger partial charge in [0.05, 0.1) is 6.20 Å². The monoisotopic (exact) mass is 355 g/mol. The van der Waals surface area contributed by atoms with Crippen molar-refractivity contribution in [3.63, 3.8) is 0 Å². The van der Waals surface area contributed by atoms with Crippen molar-refractivity contribution in [2.45, 2.75) is 6.92 Å². The molecule has 6 heteroatoms. The van der Waals surface area contributed by atoms with Gasteiger partial charge in [-0.1, -0.05) is 34.1 Å². The van der Waals surface area contributed by atoms with Gasteiger partial charge >= 0.3 is 0 Å². The van der Waals surface area contributed by atoms with Crippen molar-refractivity contribution >= 4 is 39.1 Å². The molecule has 0 saturated carbocycles. The Hall–Kier alpha value is -2.47. The van der Waals surface area contributed by atoms with Gasteiger partial charge in [-0.05, 0) is 42.8 Å². The molecule has 110 valence electrons. The molecule has 0 fully saturated rings. The fourth-order valence-corrected chi connectivity index (χ4v) is 2.38. The summed E-state index contributed by atoms with van der Waals surface area (Å²) in [5, 5.41) is 14.3. The molecule has 2 N–H and O–H groups in total. The molecular weight excluding hydrogens is 342 g/mol. The summed E-state index contributed by atoms with van der Waals surface area (Å²) in [6, 6.07) is 15.9. The summed E-state index contributed by atoms with van der Waals surface area (Å²) < 4.78 is 0.998. The van der Waals surface area contributed by atoms with Crippen LogP contribution in [-0.4, -0.2) is 15.2 Å². The van der Waals surface area contributed by atoms with E-state index in [1.54, 1.807) is 6.20 Å². The van der Waals surface area contributed by atoms with Crippen LogP contribution in [0, 0.1) is 6.92 Å². The normalized spacial score (nSPS) is 10.3. The highest BCUT2D eigenvalue weighted by atomic mass is 79.9. The Morgan fingerprint density at radius 3 is 2.50 bits per heavy atom. The van der Waals surface area contributed by atoms with E-state index < -0.39 is 0 Å². The lowest BCUT2D eigenvalue weighted by molar-refractivity contribution is 0.982. The van der Waals surface area contributed by atoms with E-state index in [2.05, 4.69) is 41.7 Å². The molecule has 5 nitrogen and oxygen atoms in total. The summed E-state index contributed by atoms with van der Waals surface area (Å²) in [6.45, 7) is 2.04. The number of hydrogen-bond acceptors (Lipinski definition) is 5. The minimum Gasteiger partial charge on any atom is -0.339 e. The summed E-state index contributed by atoms with van der Waals surface area (Å²) in [5.74, 6) is 1.08. The lowest BCUT2D eigenvalue weighted by Gasteiger charge is -2.08. The van der Waals surface area contributed by atoms with Crippen LogP contribution in [0.1, 0.15) is 5.56 Å². The first kappa shape index (κ1) is 14.5. The maximum atomic E-state index is 4.41. The van der Waals surface area contributed by atoms with Crippen LogP contribution in [0.25, 0.3) is 0 Å². The Labute approximate surface area is 137 Å². The van der Waals surface area contributed by atoms with E-state index in [0.717, 1.165) is 15.8 Å². The molecule has 0 radical (unpaired) electrons. The first-order valence-corrected chi connectivity index (χ1v) is 7.54. The zero-order chi connectivity index (χ0) is 15.4. The second-order valence-corrected chi connectivity index (χ2v) is 5.71. The van der Waals surface area contributed by atoms with Gasteiger partial charge in [0, 0.05) is 15.8 Å². The molecule has 2 aromatic carbocycles. The average Bonchev–Trinajstić information content (AvgIpc) is 2.47. The van der Waals surface area contributed by atoms with Crippen LogP contribution in [0.2, 0.25) is 0 Å². The highest BCUT2D eigenvalue weighted by molar-refractivity contribution is 9.10. The first-order chi connectivity index (χ1) is 10.7. The van der Waals surface area contributed by atoms with Crippen molar-refractivity contribution in [1.29, 1.82) is 0 Å². The SMILES string of the molecule is Cc1cccc(Nc2nncc(Nc3cccc(Br)c3)n2)c1. The van der Waals surface area contributed by atoms with Crippen LogP contribution in [0.4, 0.5) is 23.1 Å². The number of aryl methyl sites for hydroxylation is 1. The van der Waals surface area contributed by atoms with E-state index in [-0.39, 0.29) is 0 Å². The summed E-state index contributed by atoms with van der Waals surface area (Å²) in [4.78, 5) is 4.41. The number of benzene rings is 2. The van der Waals surface area contributed by atoms with Gasteiger partial charge in [-0.15, -0.1) is 5.10 Å². The number of halogens is 1. The third kappa shape index (κ3) is 3.79. The van der Waals surface area contributed by atoms with Gasteiger partial charge in [0.1, 0.15) is 0 Å². The molecule has 0 aliphatic carbocycles. The molecule has 0 saturated heterocycles. The topological polar surface area (TPSA) is 62.7 Å². The van der Waals surface area contributed by atoms with Gasteiger partial charge in [0.25, 0.3) is 0 Å². The van der Waals surface area contributed by atoms with Gasteiger partial charge < -0.3 is 10.6 Å².